The highest BCUT2D eigenvalue weighted by Gasteiger charge is 2.33. The fourth-order valence-electron chi connectivity index (χ4n) is 4.08. The predicted molar refractivity (Wildman–Crippen MR) is 75.1 cm³/mol. The van der Waals surface area contributed by atoms with E-state index in [9.17, 15) is 0 Å². The van der Waals surface area contributed by atoms with Gasteiger partial charge < -0.3 is 5.32 Å². The average molecular weight is 237 g/mol. The van der Waals surface area contributed by atoms with Gasteiger partial charge in [-0.05, 0) is 49.4 Å². The summed E-state index contributed by atoms with van der Waals surface area (Å²) in [5.74, 6) is 1.80. The van der Waals surface area contributed by atoms with E-state index >= 15 is 0 Å². The molecule has 1 N–H and O–H groups in total. The van der Waals surface area contributed by atoms with E-state index in [1.54, 1.807) is 0 Å². The maximum atomic E-state index is 3.98. The summed E-state index contributed by atoms with van der Waals surface area (Å²) < 4.78 is 0. The van der Waals surface area contributed by atoms with E-state index in [0.717, 1.165) is 23.9 Å². The first-order chi connectivity index (χ1) is 7.96. The topological polar surface area (TPSA) is 12.0 Å². The van der Waals surface area contributed by atoms with Crippen LogP contribution in [0.5, 0.6) is 0 Å². The highest BCUT2D eigenvalue weighted by atomic mass is 15.0. The van der Waals surface area contributed by atoms with Gasteiger partial charge >= 0.3 is 0 Å². The highest BCUT2D eigenvalue weighted by molar-refractivity contribution is 4.89. The lowest BCUT2D eigenvalue weighted by molar-refractivity contribution is 0.131. The molecule has 0 aromatic rings. The Kier molecular flexibility index (Phi) is 4.18. The van der Waals surface area contributed by atoms with Gasteiger partial charge in [0.1, 0.15) is 0 Å². The number of hydrogen-bond acceptors (Lipinski definition) is 1. The lowest BCUT2D eigenvalue weighted by Gasteiger charge is -2.42. The van der Waals surface area contributed by atoms with Crippen LogP contribution in [0.15, 0.2) is 0 Å². The van der Waals surface area contributed by atoms with Gasteiger partial charge in [-0.15, -0.1) is 0 Å². The molecule has 17 heavy (non-hydrogen) atoms. The molecule has 1 nitrogen and oxygen atoms in total. The van der Waals surface area contributed by atoms with Gasteiger partial charge in [-0.2, -0.15) is 0 Å². The van der Waals surface area contributed by atoms with Gasteiger partial charge in [-0.3, -0.25) is 0 Å². The van der Waals surface area contributed by atoms with E-state index in [1.165, 1.54) is 44.9 Å². The van der Waals surface area contributed by atoms with Crippen LogP contribution in [0.1, 0.15) is 72.6 Å². The van der Waals surface area contributed by atoms with Crippen LogP contribution in [0.3, 0.4) is 0 Å². The molecule has 100 valence electrons. The van der Waals surface area contributed by atoms with Crippen LogP contribution < -0.4 is 5.32 Å². The average Bonchev–Trinajstić information content (AvgIpc) is 2.22. The smallest absolute Gasteiger partial charge is 0.00956 e. The zero-order valence-electron chi connectivity index (χ0n) is 12.3. The van der Waals surface area contributed by atoms with Crippen LogP contribution in [-0.4, -0.2) is 12.1 Å². The van der Waals surface area contributed by atoms with Gasteiger partial charge in [0.05, 0.1) is 0 Å². The lowest BCUT2D eigenvalue weighted by Crippen LogP contribution is -2.47. The largest absolute Gasteiger partial charge is 0.311 e. The Morgan fingerprint density at radius 3 is 2.47 bits per heavy atom. The van der Waals surface area contributed by atoms with E-state index in [0.29, 0.717) is 5.41 Å². The Morgan fingerprint density at radius 1 is 1.06 bits per heavy atom. The first-order valence-corrected chi connectivity index (χ1v) is 7.72. The molecule has 0 amide bonds. The summed E-state index contributed by atoms with van der Waals surface area (Å²) in [5.41, 5.74) is 0.581. The number of rotatable bonds is 2. The van der Waals surface area contributed by atoms with Crippen LogP contribution in [0, 0.1) is 17.3 Å². The highest BCUT2D eigenvalue weighted by Crippen LogP contribution is 2.39. The third kappa shape index (κ3) is 3.71. The quantitative estimate of drug-likeness (QED) is 0.752. The molecule has 2 rings (SSSR count). The molecule has 0 spiro atoms. The lowest BCUT2D eigenvalue weighted by atomic mass is 9.70. The standard InChI is InChI=1S/C16H31N/c1-12-6-5-7-14(10-12)17-15-8-9-16(3,4)11-13(15)2/h12-15,17H,5-11H2,1-4H3. The molecule has 4 unspecified atom stereocenters. The Morgan fingerprint density at radius 2 is 1.82 bits per heavy atom. The summed E-state index contributed by atoms with van der Waals surface area (Å²) in [4.78, 5) is 0. The van der Waals surface area contributed by atoms with Crippen LogP contribution in [0.25, 0.3) is 0 Å². The van der Waals surface area contributed by atoms with Crippen molar-refractivity contribution in [1.29, 1.82) is 0 Å². The molecule has 0 saturated heterocycles. The van der Waals surface area contributed by atoms with Crippen molar-refractivity contribution in [2.45, 2.75) is 84.7 Å². The Balaban J connectivity index is 1.83. The second-order valence-electron chi connectivity index (χ2n) is 7.63. The molecule has 0 aliphatic heterocycles. The van der Waals surface area contributed by atoms with Crippen molar-refractivity contribution in [2.75, 3.05) is 0 Å². The van der Waals surface area contributed by atoms with Crippen LogP contribution in [-0.2, 0) is 0 Å². The summed E-state index contributed by atoms with van der Waals surface area (Å²) in [7, 11) is 0. The minimum atomic E-state index is 0.581. The molecule has 1 heteroatoms. The summed E-state index contributed by atoms with van der Waals surface area (Å²) in [5, 5.41) is 3.98. The second-order valence-corrected chi connectivity index (χ2v) is 7.63. The Hall–Kier alpha value is -0.0400. The predicted octanol–water partition coefficient (Wildman–Crippen LogP) is 4.37. The molecule has 0 radical (unpaired) electrons. The molecule has 4 atom stereocenters. The van der Waals surface area contributed by atoms with E-state index < -0.39 is 0 Å². The van der Waals surface area contributed by atoms with Crippen molar-refractivity contribution < 1.29 is 0 Å². The zero-order valence-corrected chi connectivity index (χ0v) is 12.3. The van der Waals surface area contributed by atoms with Gasteiger partial charge in [0.15, 0.2) is 0 Å². The van der Waals surface area contributed by atoms with Crippen molar-refractivity contribution in [1.82, 2.24) is 5.32 Å². The van der Waals surface area contributed by atoms with E-state index in [-0.39, 0.29) is 0 Å². The first kappa shape index (κ1) is 13.4. The maximum absolute atomic E-state index is 3.98. The minimum Gasteiger partial charge on any atom is -0.311 e. The molecule has 0 aromatic heterocycles. The Labute approximate surface area is 108 Å². The summed E-state index contributed by atoms with van der Waals surface area (Å²) in [6, 6.07) is 1.60. The normalized spacial score (nSPS) is 42.4. The molecule has 2 fully saturated rings. The van der Waals surface area contributed by atoms with Gasteiger partial charge in [0.25, 0.3) is 0 Å². The monoisotopic (exact) mass is 237 g/mol. The van der Waals surface area contributed by atoms with Crippen molar-refractivity contribution in [3.63, 3.8) is 0 Å². The summed E-state index contributed by atoms with van der Waals surface area (Å²) in [6.07, 6.45) is 9.89. The van der Waals surface area contributed by atoms with E-state index in [4.69, 9.17) is 0 Å². The third-order valence-corrected chi connectivity index (χ3v) is 5.08. The van der Waals surface area contributed by atoms with Gasteiger partial charge in [-0.25, -0.2) is 0 Å². The van der Waals surface area contributed by atoms with Crippen molar-refractivity contribution >= 4 is 0 Å². The second kappa shape index (κ2) is 5.30. The molecule has 2 saturated carbocycles. The van der Waals surface area contributed by atoms with Crippen LogP contribution in [0.4, 0.5) is 0 Å². The van der Waals surface area contributed by atoms with Crippen molar-refractivity contribution in [2.24, 2.45) is 17.3 Å². The van der Waals surface area contributed by atoms with E-state index in [1.807, 2.05) is 0 Å². The van der Waals surface area contributed by atoms with Crippen molar-refractivity contribution in [3.8, 4) is 0 Å². The van der Waals surface area contributed by atoms with Crippen LogP contribution in [0.2, 0.25) is 0 Å². The number of hydrogen-bond donors (Lipinski definition) is 1. The molecular weight excluding hydrogens is 206 g/mol. The van der Waals surface area contributed by atoms with Crippen LogP contribution >= 0.6 is 0 Å². The minimum absolute atomic E-state index is 0.581. The zero-order chi connectivity index (χ0) is 12.5. The third-order valence-electron chi connectivity index (χ3n) is 5.08. The first-order valence-electron chi connectivity index (χ1n) is 7.72. The fraction of sp³-hybridized carbons (Fsp3) is 1.00. The molecule has 0 aromatic carbocycles. The SMILES string of the molecule is CC1CCCC(NC2CCC(C)(C)CC2C)C1. The van der Waals surface area contributed by atoms with Gasteiger partial charge in [-0.1, -0.05) is 40.5 Å². The van der Waals surface area contributed by atoms with Gasteiger partial charge in [0.2, 0.25) is 0 Å². The Bertz CT molecular complexity index is 246. The molecule has 2 aliphatic rings. The molecular formula is C16H31N. The van der Waals surface area contributed by atoms with Gasteiger partial charge in [0, 0.05) is 12.1 Å². The summed E-state index contributed by atoms with van der Waals surface area (Å²) in [6.45, 7) is 9.73. The fourth-order valence-corrected chi connectivity index (χ4v) is 4.08. The maximum Gasteiger partial charge on any atom is 0.00956 e. The molecule has 0 bridgehead atoms. The van der Waals surface area contributed by atoms with E-state index in [2.05, 4.69) is 33.0 Å². The van der Waals surface area contributed by atoms with Crippen molar-refractivity contribution in [3.05, 3.63) is 0 Å². The number of nitrogens with one attached hydrogen (secondary N) is 1. The summed E-state index contributed by atoms with van der Waals surface area (Å²) >= 11 is 0. The molecule has 0 heterocycles. The molecule has 2 aliphatic carbocycles.